The lowest BCUT2D eigenvalue weighted by molar-refractivity contribution is 0.615. The first-order valence-corrected chi connectivity index (χ1v) is 5.51. The molecule has 1 N–H and O–H groups in total. The summed E-state index contributed by atoms with van der Waals surface area (Å²) in [5.74, 6) is 0. The Kier molecular flexibility index (Phi) is 4.91. The standard InChI is InChI=1S/C11H13NO.C2H6/c1-12-6-4-9-2-3-10-5-7-13-11(10)8-9;1-2/h2-3,5,7-8,12H,4,6H2,1H3;1-2H3. The lowest BCUT2D eigenvalue weighted by Crippen LogP contribution is -2.09. The predicted molar refractivity (Wildman–Crippen MR) is 65.2 cm³/mol. The van der Waals surface area contributed by atoms with Crippen LogP contribution in [0.3, 0.4) is 0 Å². The first kappa shape index (κ1) is 11.8. The van der Waals surface area contributed by atoms with Crippen LogP contribution in [0.25, 0.3) is 11.0 Å². The zero-order chi connectivity index (χ0) is 11.1. The van der Waals surface area contributed by atoms with E-state index in [0.29, 0.717) is 0 Å². The maximum atomic E-state index is 5.32. The molecule has 0 radical (unpaired) electrons. The molecule has 2 rings (SSSR count). The summed E-state index contributed by atoms with van der Waals surface area (Å²) < 4.78 is 5.32. The van der Waals surface area contributed by atoms with Gasteiger partial charge in [-0.3, -0.25) is 0 Å². The SMILES string of the molecule is CC.CNCCc1ccc2ccoc2c1. The summed E-state index contributed by atoms with van der Waals surface area (Å²) in [6.45, 7) is 5.01. The van der Waals surface area contributed by atoms with Gasteiger partial charge >= 0.3 is 0 Å². The van der Waals surface area contributed by atoms with Gasteiger partial charge in [0.1, 0.15) is 5.58 Å². The molecule has 0 aliphatic heterocycles. The first-order valence-electron chi connectivity index (χ1n) is 5.51. The second-order valence-corrected chi connectivity index (χ2v) is 3.15. The van der Waals surface area contributed by atoms with Crippen molar-refractivity contribution in [2.45, 2.75) is 20.3 Å². The molecule has 0 saturated heterocycles. The van der Waals surface area contributed by atoms with Crippen LogP contribution in [0.15, 0.2) is 34.9 Å². The molecule has 0 aliphatic rings. The summed E-state index contributed by atoms with van der Waals surface area (Å²) >= 11 is 0. The maximum absolute atomic E-state index is 5.32. The van der Waals surface area contributed by atoms with Crippen molar-refractivity contribution in [3.8, 4) is 0 Å². The highest BCUT2D eigenvalue weighted by atomic mass is 16.3. The molecule has 0 unspecified atom stereocenters. The predicted octanol–water partition coefficient (Wildman–Crippen LogP) is 3.22. The zero-order valence-corrected chi connectivity index (χ0v) is 9.71. The van der Waals surface area contributed by atoms with Crippen LogP contribution >= 0.6 is 0 Å². The highest BCUT2D eigenvalue weighted by Gasteiger charge is 1.97. The van der Waals surface area contributed by atoms with Crippen LogP contribution in [-0.4, -0.2) is 13.6 Å². The van der Waals surface area contributed by atoms with Crippen LogP contribution in [-0.2, 0) is 6.42 Å². The lowest BCUT2D eigenvalue weighted by Gasteiger charge is -1.99. The maximum Gasteiger partial charge on any atom is 0.134 e. The first-order chi connectivity index (χ1) is 7.40. The Morgan fingerprint density at radius 1 is 1.20 bits per heavy atom. The molecular formula is C13H19NO. The van der Waals surface area contributed by atoms with Crippen molar-refractivity contribution in [1.82, 2.24) is 5.32 Å². The van der Waals surface area contributed by atoms with Crippen molar-refractivity contribution < 1.29 is 4.42 Å². The van der Waals surface area contributed by atoms with Crippen LogP contribution in [0.4, 0.5) is 0 Å². The number of benzene rings is 1. The largest absolute Gasteiger partial charge is 0.464 e. The third-order valence-electron chi connectivity index (χ3n) is 2.18. The average molecular weight is 205 g/mol. The fraction of sp³-hybridized carbons (Fsp3) is 0.385. The van der Waals surface area contributed by atoms with E-state index in [0.717, 1.165) is 18.5 Å². The van der Waals surface area contributed by atoms with Crippen LogP contribution in [0.1, 0.15) is 19.4 Å². The van der Waals surface area contributed by atoms with Gasteiger partial charge in [0.25, 0.3) is 0 Å². The molecule has 0 aliphatic carbocycles. The van der Waals surface area contributed by atoms with E-state index in [-0.39, 0.29) is 0 Å². The summed E-state index contributed by atoms with van der Waals surface area (Å²) in [6, 6.07) is 8.34. The van der Waals surface area contributed by atoms with Crippen molar-refractivity contribution in [2.75, 3.05) is 13.6 Å². The highest BCUT2D eigenvalue weighted by Crippen LogP contribution is 2.16. The zero-order valence-electron chi connectivity index (χ0n) is 9.71. The van der Waals surface area contributed by atoms with Crippen LogP contribution < -0.4 is 5.32 Å². The van der Waals surface area contributed by atoms with E-state index in [9.17, 15) is 0 Å². The molecule has 0 fully saturated rings. The molecule has 82 valence electrons. The molecule has 2 nitrogen and oxygen atoms in total. The van der Waals surface area contributed by atoms with E-state index in [4.69, 9.17) is 4.42 Å². The van der Waals surface area contributed by atoms with E-state index in [1.54, 1.807) is 6.26 Å². The number of furan rings is 1. The Morgan fingerprint density at radius 2 is 2.00 bits per heavy atom. The Labute approximate surface area is 91.3 Å². The Balaban J connectivity index is 0.000000531. The van der Waals surface area contributed by atoms with Gasteiger partial charge in [-0.25, -0.2) is 0 Å². The molecule has 1 aromatic carbocycles. The van der Waals surface area contributed by atoms with E-state index >= 15 is 0 Å². The summed E-state index contributed by atoms with van der Waals surface area (Å²) in [5, 5.41) is 4.30. The monoisotopic (exact) mass is 205 g/mol. The van der Waals surface area contributed by atoms with Gasteiger partial charge in [-0.15, -0.1) is 0 Å². The van der Waals surface area contributed by atoms with Crippen molar-refractivity contribution in [1.29, 1.82) is 0 Å². The third kappa shape index (κ3) is 3.10. The molecule has 15 heavy (non-hydrogen) atoms. The molecule has 2 aromatic rings. The number of fused-ring (bicyclic) bond motifs is 1. The molecule has 0 amide bonds. The Hall–Kier alpha value is -1.28. The minimum atomic E-state index is 0.980. The summed E-state index contributed by atoms with van der Waals surface area (Å²) in [7, 11) is 1.96. The summed E-state index contributed by atoms with van der Waals surface area (Å²) in [6.07, 6.45) is 2.78. The Morgan fingerprint density at radius 3 is 2.73 bits per heavy atom. The molecule has 2 heteroatoms. The fourth-order valence-electron chi connectivity index (χ4n) is 1.42. The van der Waals surface area contributed by atoms with Gasteiger partial charge in [0.2, 0.25) is 0 Å². The van der Waals surface area contributed by atoms with Crippen molar-refractivity contribution in [3.05, 3.63) is 36.1 Å². The van der Waals surface area contributed by atoms with Crippen molar-refractivity contribution >= 4 is 11.0 Å². The molecule has 1 aromatic heterocycles. The van der Waals surface area contributed by atoms with Crippen molar-refractivity contribution in [3.63, 3.8) is 0 Å². The second-order valence-electron chi connectivity index (χ2n) is 3.15. The number of hydrogen-bond donors (Lipinski definition) is 1. The minimum absolute atomic E-state index is 0.980. The van der Waals surface area contributed by atoms with E-state index < -0.39 is 0 Å². The summed E-state index contributed by atoms with van der Waals surface area (Å²) in [5.41, 5.74) is 2.30. The Bertz CT molecular complexity index is 392. The van der Waals surface area contributed by atoms with Gasteiger partial charge in [0, 0.05) is 5.39 Å². The highest BCUT2D eigenvalue weighted by molar-refractivity contribution is 5.77. The van der Waals surface area contributed by atoms with Gasteiger partial charge in [0.05, 0.1) is 6.26 Å². The normalized spacial score (nSPS) is 9.80. The van der Waals surface area contributed by atoms with Crippen molar-refractivity contribution in [2.24, 2.45) is 0 Å². The average Bonchev–Trinajstić information content (AvgIpc) is 2.76. The fourth-order valence-corrected chi connectivity index (χ4v) is 1.42. The van der Waals surface area contributed by atoms with Gasteiger partial charge in [0.15, 0.2) is 0 Å². The van der Waals surface area contributed by atoms with Crippen LogP contribution in [0.5, 0.6) is 0 Å². The molecule has 1 heterocycles. The smallest absolute Gasteiger partial charge is 0.134 e. The minimum Gasteiger partial charge on any atom is -0.464 e. The molecule has 0 atom stereocenters. The van der Waals surface area contributed by atoms with Gasteiger partial charge < -0.3 is 9.73 Å². The third-order valence-corrected chi connectivity index (χ3v) is 2.18. The number of rotatable bonds is 3. The van der Waals surface area contributed by atoms with Crippen LogP contribution in [0.2, 0.25) is 0 Å². The van der Waals surface area contributed by atoms with E-state index in [2.05, 4.69) is 23.5 Å². The molecule has 0 bridgehead atoms. The molecule has 0 saturated carbocycles. The molecular weight excluding hydrogens is 186 g/mol. The van der Waals surface area contributed by atoms with Crippen LogP contribution in [0, 0.1) is 0 Å². The number of nitrogens with one attached hydrogen (secondary N) is 1. The quantitative estimate of drug-likeness (QED) is 0.832. The van der Waals surface area contributed by atoms with Gasteiger partial charge in [-0.05, 0) is 37.7 Å². The number of likely N-dealkylation sites (N-methyl/N-ethyl adjacent to an activating group) is 1. The van der Waals surface area contributed by atoms with Gasteiger partial charge in [-0.2, -0.15) is 0 Å². The lowest BCUT2D eigenvalue weighted by atomic mass is 10.1. The number of hydrogen-bond acceptors (Lipinski definition) is 2. The second kappa shape index (κ2) is 6.25. The van der Waals surface area contributed by atoms with E-state index in [1.165, 1.54) is 10.9 Å². The topological polar surface area (TPSA) is 25.2 Å². The summed E-state index contributed by atoms with van der Waals surface area (Å²) in [4.78, 5) is 0. The van der Waals surface area contributed by atoms with Gasteiger partial charge in [-0.1, -0.05) is 26.0 Å². The molecule has 0 spiro atoms. The van der Waals surface area contributed by atoms with E-state index in [1.807, 2.05) is 27.0 Å².